The molecule has 4 rings (SSSR count). The summed E-state index contributed by atoms with van der Waals surface area (Å²) >= 11 is 26.2. The first-order chi connectivity index (χ1) is 17.8. The van der Waals surface area contributed by atoms with Gasteiger partial charge in [-0.2, -0.15) is 0 Å². The van der Waals surface area contributed by atoms with Crippen LogP contribution < -0.4 is 4.74 Å². The third-order valence-electron chi connectivity index (χ3n) is 5.06. The first-order valence-corrected chi connectivity index (χ1v) is 13.3. The van der Waals surface area contributed by atoms with Crippen molar-refractivity contribution in [2.24, 2.45) is 4.99 Å². The van der Waals surface area contributed by atoms with Crippen LogP contribution in [0.1, 0.15) is 18.1 Å². The van der Waals surface area contributed by atoms with Crippen LogP contribution in [0.5, 0.6) is 5.75 Å². The number of benzene rings is 3. The molecule has 0 spiro atoms. The maximum atomic E-state index is 12.6. The average Bonchev–Trinajstić information content (AvgIpc) is 3.14. The van der Waals surface area contributed by atoms with Crippen LogP contribution in [0.3, 0.4) is 0 Å². The maximum Gasteiger partial charge on any atom is 0.344 e. The topological polar surface area (TPSA) is 68.1 Å². The zero-order valence-electron chi connectivity index (χ0n) is 19.3. The number of aliphatic hydroxyl groups is 1. The Morgan fingerprint density at radius 1 is 1.00 bits per heavy atom. The molecule has 1 aliphatic rings. The summed E-state index contributed by atoms with van der Waals surface area (Å²) in [5, 5.41) is 12.7. The number of rotatable bonds is 7. The highest BCUT2D eigenvalue weighted by molar-refractivity contribution is 8.18. The van der Waals surface area contributed by atoms with Crippen LogP contribution in [0, 0.1) is 0 Å². The fourth-order valence-corrected chi connectivity index (χ4v) is 5.46. The Labute approximate surface area is 238 Å². The second-order valence-electron chi connectivity index (χ2n) is 7.65. The molecule has 3 aromatic carbocycles. The van der Waals surface area contributed by atoms with Crippen molar-refractivity contribution in [3.8, 4) is 5.75 Å². The average molecular weight is 595 g/mol. The quantitative estimate of drug-likeness (QED) is 0.276. The zero-order valence-corrected chi connectivity index (χ0v) is 23.1. The summed E-state index contributed by atoms with van der Waals surface area (Å²) in [5.74, 6) is -0.608. The van der Waals surface area contributed by atoms with Crippen molar-refractivity contribution in [3.63, 3.8) is 0 Å². The second-order valence-corrected chi connectivity index (χ2v) is 10.3. The Morgan fingerprint density at radius 2 is 1.70 bits per heavy atom. The summed E-state index contributed by atoms with van der Waals surface area (Å²) in [7, 11) is 0. The van der Waals surface area contributed by atoms with Gasteiger partial charge < -0.3 is 14.6 Å². The molecule has 37 heavy (non-hydrogen) atoms. The first kappa shape index (κ1) is 27.4. The molecule has 0 unspecified atom stereocenters. The minimum atomic E-state index is -0.661. The number of halogens is 4. The van der Waals surface area contributed by atoms with E-state index in [1.54, 1.807) is 55.5 Å². The minimum absolute atomic E-state index is 0.000978. The summed E-state index contributed by atoms with van der Waals surface area (Å²) in [4.78, 5) is 17.5. The molecule has 3 aromatic rings. The van der Waals surface area contributed by atoms with Crippen molar-refractivity contribution >= 4 is 80.9 Å². The molecule has 0 aliphatic carbocycles. The molecule has 1 aliphatic heterocycles. The first-order valence-electron chi connectivity index (χ1n) is 11.0. The van der Waals surface area contributed by atoms with E-state index in [1.807, 2.05) is 18.2 Å². The number of nitrogens with zero attached hydrogens (tertiary/aromatic N) is 1. The smallest absolute Gasteiger partial charge is 0.344 e. The van der Waals surface area contributed by atoms with Gasteiger partial charge in [-0.05, 0) is 55.0 Å². The minimum Gasteiger partial charge on any atom is -0.506 e. The number of carbonyl (C=O) groups excluding carboxylic acids is 1. The van der Waals surface area contributed by atoms with E-state index in [0.717, 1.165) is 17.3 Å². The lowest BCUT2D eigenvalue weighted by atomic mass is 10.1. The highest BCUT2D eigenvalue weighted by Gasteiger charge is 2.33. The normalized spacial score (nSPS) is 15.5. The van der Waals surface area contributed by atoms with Crippen LogP contribution in [0.15, 0.2) is 81.9 Å². The molecule has 0 amide bonds. The third-order valence-corrected chi connectivity index (χ3v) is 7.23. The van der Waals surface area contributed by atoms with E-state index in [9.17, 15) is 9.90 Å². The lowest BCUT2D eigenvalue weighted by Gasteiger charge is -2.12. The van der Waals surface area contributed by atoms with Gasteiger partial charge in [-0.3, -0.25) is 0 Å². The second kappa shape index (κ2) is 12.3. The summed E-state index contributed by atoms with van der Waals surface area (Å²) in [6.45, 7) is 1.99. The lowest BCUT2D eigenvalue weighted by Crippen LogP contribution is -2.12. The predicted octanol–water partition coefficient (Wildman–Crippen LogP) is 9.07. The molecule has 0 fully saturated rings. The molecule has 0 aromatic heterocycles. The largest absolute Gasteiger partial charge is 0.506 e. The summed E-state index contributed by atoms with van der Waals surface area (Å²) in [5.41, 5.74) is 1.94. The number of ether oxygens (including phenoxy) is 2. The van der Waals surface area contributed by atoms with Crippen LogP contribution in [0.25, 0.3) is 6.08 Å². The van der Waals surface area contributed by atoms with E-state index in [1.165, 1.54) is 0 Å². The van der Waals surface area contributed by atoms with Gasteiger partial charge in [-0.15, -0.1) is 0 Å². The van der Waals surface area contributed by atoms with E-state index in [-0.39, 0.29) is 40.3 Å². The molecule has 0 bridgehead atoms. The Hall–Kier alpha value is -2.61. The molecule has 10 heteroatoms. The van der Waals surface area contributed by atoms with Crippen LogP contribution in [-0.2, 0) is 16.1 Å². The Morgan fingerprint density at radius 3 is 2.35 bits per heavy atom. The summed E-state index contributed by atoms with van der Waals surface area (Å²) < 4.78 is 11.0. The van der Waals surface area contributed by atoms with Crippen LogP contribution in [0.4, 0.5) is 5.69 Å². The van der Waals surface area contributed by atoms with Gasteiger partial charge in [0.2, 0.25) is 0 Å². The van der Waals surface area contributed by atoms with E-state index in [0.29, 0.717) is 31.2 Å². The van der Waals surface area contributed by atoms with Crippen molar-refractivity contribution in [2.75, 3.05) is 6.61 Å². The SMILES string of the molecule is CCOC(=O)C1=C(O)/C(=C/c2cc(Cl)c(OCc3ccc(Cl)cc3Cl)c(Cl)c2)SC1=Nc1ccccc1. The van der Waals surface area contributed by atoms with Crippen LogP contribution in [-0.4, -0.2) is 22.7 Å². The van der Waals surface area contributed by atoms with Gasteiger partial charge >= 0.3 is 5.97 Å². The highest BCUT2D eigenvalue weighted by atomic mass is 35.5. The molecule has 0 radical (unpaired) electrons. The highest BCUT2D eigenvalue weighted by Crippen LogP contribution is 2.42. The third kappa shape index (κ3) is 6.64. The van der Waals surface area contributed by atoms with Gasteiger partial charge in [0, 0.05) is 15.6 Å². The van der Waals surface area contributed by atoms with Crippen molar-refractivity contribution in [1.82, 2.24) is 0 Å². The van der Waals surface area contributed by atoms with Gasteiger partial charge in [-0.25, -0.2) is 9.79 Å². The van der Waals surface area contributed by atoms with E-state index >= 15 is 0 Å². The van der Waals surface area contributed by atoms with Gasteiger partial charge in [-0.1, -0.05) is 82.4 Å². The van der Waals surface area contributed by atoms with Crippen molar-refractivity contribution in [2.45, 2.75) is 13.5 Å². The number of esters is 1. The number of hydrogen-bond acceptors (Lipinski definition) is 6. The fraction of sp³-hybridized carbons (Fsp3) is 0.111. The standard InChI is InChI=1S/C27H19Cl4NO4S/c1-2-35-27(34)23-24(33)22(37-26(23)32-18-6-4-3-5-7-18)12-15-10-20(30)25(21(31)11-15)36-14-16-8-9-17(28)13-19(16)29/h3-13,33H,2,14H2,1H3/b22-12-,32-26?. The molecular formula is C27H19Cl4NO4S. The summed E-state index contributed by atoms with van der Waals surface area (Å²) in [6.07, 6.45) is 1.66. The monoisotopic (exact) mass is 593 g/mol. The molecule has 5 nitrogen and oxygen atoms in total. The van der Waals surface area contributed by atoms with E-state index in [4.69, 9.17) is 55.9 Å². The van der Waals surface area contributed by atoms with Gasteiger partial charge in [0.05, 0.1) is 27.2 Å². The van der Waals surface area contributed by atoms with Crippen molar-refractivity contribution in [1.29, 1.82) is 0 Å². The molecule has 1 N–H and O–H groups in total. The van der Waals surface area contributed by atoms with Crippen LogP contribution >= 0.6 is 58.2 Å². The zero-order chi connectivity index (χ0) is 26.5. The predicted molar refractivity (Wildman–Crippen MR) is 153 cm³/mol. The molecule has 1 heterocycles. The Bertz CT molecular complexity index is 1410. The van der Waals surface area contributed by atoms with E-state index in [2.05, 4.69) is 4.99 Å². The van der Waals surface area contributed by atoms with E-state index < -0.39 is 5.97 Å². The van der Waals surface area contributed by atoms with Crippen molar-refractivity contribution in [3.05, 3.63) is 108 Å². The number of aliphatic imine (C=N–C) groups is 1. The molecule has 0 atom stereocenters. The Balaban J connectivity index is 1.62. The number of para-hydroxylation sites is 1. The number of aliphatic hydroxyl groups excluding tert-OH is 1. The maximum absolute atomic E-state index is 12.6. The van der Waals surface area contributed by atoms with Crippen molar-refractivity contribution < 1.29 is 19.4 Å². The van der Waals surface area contributed by atoms with Crippen LogP contribution in [0.2, 0.25) is 20.1 Å². The Kier molecular flexibility index (Phi) is 9.11. The lowest BCUT2D eigenvalue weighted by molar-refractivity contribution is -0.138. The molecule has 190 valence electrons. The number of carbonyl (C=O) groups is 1. The number of hydrogen-bond donors (Lipinski definition) is 1. The number of thioether (sulfide) groups is 1. The van der Waals surface area contributed by atoms with Gasteiger partial charge in [0.25, 0.3) is 0 Å². The fourth-order valence-electron chi connectivity index (χ4n) is 3.35. The molecular weight excluding hydrogens is 576 g/mol. The van der Waals surface area contributed by atoms with Gasteiger partial charge in [0.15, 0.2) is 5.75 Å². The molecule has 0 saturated carbocycles. The van der Waals surface area contributed by atoms with Gasteiger partial charge in [0.1, 0.15) is 23.0 Å². The molecule has 0 saturated heterocycles. The summed E-state index contributed by atoms with van der Waals surface area (Å²) in [6, 6.07) is 17.5.